The summed E-state index contributed by atoms with van der Waals surface area (Å²) in [4.78, 5) is 27.5. The van der Waals surface area contributed by atoms with Gasteiger partial charge in [-0.25, -0.2) is 9.80 Å². The number of carbonyl (C=O) groups excluding carboxylic acids is 2. The van der Waals surface area contributed by atoms with Crippen molar-refractivity contribution >= 4 is 29.2 Å². The molecule has 1 aromatic rings. The molecule has 24 heavy (non-hydrogen) atoms. The fourth-order valence-corrected chi connectivity index (χ4v) is 3.16. The van der Waals surface area contributed by atoms with Crippen LogP contribution in [0.4, 0.5) is 10.5 Å². The second-order valence-corrected chi connectivity index (χ2v) is 6.85. The van der Waals surface area contributed by atoms with E-state index >= 15 is 0 Å². The summed E-state index contributed by atoms with van der Waals surface area (Å²) in [6.07, 6.45) is 0.308. The molecule has 2 aliphatic heterocycles. The number of hydrazine groups is 1. The second kappa shape index (κ2) is 7.38. The molecular formula is C16H23ClN5O2+. The Hall–Kier alpha value is -1.83. The van der Waals surface area contributed by atoms with E-state index in [0.29, 0.717) is 18.0 Å². The van der Waals surface area contributed by atoms with Crippen LogP contribution < -0.4 is 20.5 Å². The van der Waals surface area contributed by atoms with Crippen LogP contribution in [0, 0.1) is 0 Å². The summed E-state index contributed by atoms with van der Waals surface area (Å²) in [5, 5.41) is 5.45. The van der Waals surface area contributed by atoms with Crippen LogP contribution in [0.3, 0.4) is 0 Å². The van der Waals surface area contributed by atoms with Gasteiger partial charge in [-0.15, -0.1) is 0 Å². The summed E-state index contributed by atoms with van der Waals surface area (Å²) >= 11 is 5.88. The van der Waals surface area contributed by atoms with Gasteiger partial charge >= 0.3 is 6.03 Å². The molecule has 0 aliphatic carbocycles. The Bertz CT molecular complexity index is 601. The van der Waals surface area contributed by atoms with Crippen molar-refractivity contribution in [3.63, 3.8) is 0 Å². The average Bonchev–Trinajstić information content (AvgIpc) is 2.90. The van der Waals surface area contributed by atoms with E-state index in [1.807, 2.05) is 17.1 Å². The molecule has 0 spiro atoms. The number of benzene rings is 1. The zero-order chi connectivity index (χ0) is 17.1. The van der Waals surface area contributed by atoms with Crippen LogP contribution in [0.25, 0.3) is 0 Å². The van der Waals surface area contributed by atoms with Gasteiger partial charge in [0.2, 0.25) is 5.91 Å². The van der Waals surface area contributed by atoms with Gasteiger partial charge in [-0.2, -0.15) is 0 Å². The van der Waals surface area contributed by atoms with E-state index in [4.69, 9.17) is 11.6 Å². The van der Waals surface area contributed by atoms with Crippen molar-refractivity contribution in [3.05, 3.63) is 29.3 Å². The van der Waals surface area contributed by atoms with Crippen molar-refractivity contribution in [2.75, 3.05) is 44.7 Å². The van der Waals surface area contributed by atoms with Crippen LogP contribution in [-0.4, -0.2) is 62.8 Å². The van der Waals surface area contributed by atoms with Gasteiger partial charge in [0, 0.05) is 23.7 Å². The number of quaternary nitrogens is 1. The minimum atomic E-state index is -0.245. The third-order valence-corrected chi connectivity index (χ3v) is 4.73. The highest BCUT2D eigenvalue weighted by Crippen LogP contribution is 2.23. The van der Waals surface area contributed by atoms with E-state index in [1.54, 1.807) is 17.0 Å². The van der Waals surface area contributed by atoms with Gasteiger partial charge in [0.05, 0.1) is 39.3 Å². The second-order valence-electron chi connectivity index (χ2n) is 6.41. The molecule has 2 saturated heterocycles. The highest BCUT2D eigenvalue weighted by Gasteiger charge is 2.32. The number of likely N-dealkylation sites (N-methyl/N-ethyl adjacent to an activating group) is 1. The third-order valence-electron chi connectivity index (χ3n) is 4.48. The molecule has 2 fully saturated rings. The molecule has 3 amide bonds. The van der Waals surface area contributed by atoms with Crippen LogP contribution in [0.2, 0.25) is 5.02 Å². The Morgan fingerprint density at radius 1 is 1.25 bits per heavy atom. The third kappa shape index (κ3) is 4.17. The van der Waals surface area contributed by atoms with Gasteiger partial charge in [-0.3, -0.25) is 10.2 Å². The van der Waals surface area contributed by atoms with Gasteiger partial charge < -0.3 is 15.1 Å². The van der Waals surface area contributed by atoms with Crippen molar-refractivity contribution in [2.24, 2.45) is 0 Å². The van der Waals surface area contributed by atoms with Gasteiger partial charge in [0.1, 0.15) is 0 Å². The average molecular weight is 353 g/mol. The molecule has 0 bridgehead atoms. The van der Waals surface area contributed by atoms with Crippen LogP contribution in [0.5, 0.6) is 0 Å². The van der Waals surface area contributed by atoms with E-state index in [-0.39, 0.29) is 18.0 Å². The Morgan fingerprint density at radius 3 is 2.58 bits per heavy atom. The van der Waals surface area contributed by atoms with E-state index in [0.717, 1.165) is 31.9 Å². The van der Waals surface area contributed by atoms with E-state index < -0.39 is 0 Å². The molecule has 0 radical (unpaired) electrons. The highest BCUT2D eigenvalue weighted by atomic mass is 35.5. The monoisotopic (exact) mass is 352 g/mol. The predicted octanol–water partition coefficient (Wildman–Crippen LogP) is -0.510. The number of hydrogen-bond acceptors (Lipinski definition) is 3. The number of rotatable bonds is 3. The smallest absolute Gasteiger partial charge is 0.329 e. The fraction of sp³-hybridized carbons (Fsp3) is 0.500. The first-order valence-electron chi connectivity index (χ1n) is 8.20. The summed E-state index contributed by atoms with van der Waals surface area (Å²) in [7, 11) is 2.15. The quantitative estimate of drug-likeness (QED) is 0.686. The standard InChI is InChI=1S/C16H22ClN5O2/c1-20-6-8-21(9-7-20)19-16(24)18-13-10-15(23)22(11-13)14-4-2-12(17)3-5-14/h2-5,13H,6-11H2,1H3,(H2,18,19,24)/p+1/t13-/m0/s1. The summed E-state index contributed by atoms with van der Waals surface area (Å²) in [6.45, 7) is 4.15. The maximum absolute atomic E-state index is 12.2. The number of nitrogens with zero attached hydrogens (tertiary/aromatic N) is 2. The number of urea groups is 1. The van der Waals surface area contributed by atoms with Gasteiger partial charge in [-0.1, -0.05) is 11.6 Å². The summed E-state index contributed by atoms with van der Waals surface area (Å²) in [6, 6.07) is 6.71. The van der Waals surface area contributed by atoms with E-state index in [2.05, 4.69) is 17.8 Å². The van der Waals surface area contributed by atoms with Crippen molar-refractivity contribution in [2.45, 2.75) is 12.5 Å². The molecule has 8 heteroatoms. The lowest BCUT2D eigenvalue weighted by atomic mass is 10.2. The van der Waals surface area contributed by atoms with Crippen molar-refractivity contribution in [1.29, 1.82) is 0 Å². The van der Waals surface area contributed by atoms with Gasteiger partial charge in [0.25, 0.3) is 0 Å². The summed E-state index contributed by atoms with van der Waals surface area (Å²) in [5.41, 5.74) is 3.67. The molecular weight excluding hydrogens is 330 g/mol. The maximum atomic E-state index is 12.2. The van der Waals surface area contributed by atoms with Crippen LogP contribution >= 0.6 is 11.6 Å². The normalized spacial score (nSPS) is 22.7. The zero-order valence-corrected chi connectivity index (χ0v) is 14.5. The first-order chi connectivity index (χ1) is 11.5. The van der Waals surface area contributed by atoms with Gasteiger partial charge in [0.15, 0.2) is 0 Å². The summed E-state index contributed by atoms with van der Waals surface area (Å²) < 4.78 is 0. The largest absolute Gasteiger partial charge is 0.335 e. The number of nitrogens with one attached hydrogen (secondary N) is 3. The van der Waals surface area contributed by atoms with Crippen molar-refractivity contribution < 1.29 is 14.5 Å². The number of halogens is 1. The Balaban J connectivity index is 1.50. The Morgan fingerprint density at radius 2 is 1.92 bits per heavy atom. The molecule has 1 aromatic carbocycles. The molecule has 7 nitrogen and oxygen atoms in total. The summed E-state index contributed by atoms with van der Waals surface area (Å²) in [5.74, 6) is 0.00539. The fourth-order valence-electron chi connectivity index (χ4n) is 3.04. The first-order valence-corrected chi connectivity index (χ1v) is 8.58. The van der Waals surface area contributed by atoms with E-state index in [9.17, 15) is 9.59 Å². The molecule has 1 atom stereocenters. The minimum absolute atomic E-state index is 0.00539. The maximum Gasteiger partial charge on any atom is 0.329 e. The molecule has 0 saturated carbocycles. The highest BCUT2D eigenvalue weighted by molar-refractivity contribution is 6.30. The van der Waals surface area contributed by atoms with Crippen molar-refractivity contribution in [1.82, 2.24) is 15.8 Å². The number of anilines is 1. The number of piperazine rings is 1. The van der Waals surface area contributed by atoms with Crippen LogP contribution in [0.15, 0.2) is 24.3 Å². The predicted molar refractivity (Wildman–Crippen MR) is 92.1 cm³/mol. The molecule has 3 rings (SSSR count). The molecule has 3 N–H and O–H groups in total. The van der Waals surface area contributed by atoms with Crippen LogP contribution in [-0.2, 0) is 4.79 Å². The number of amides is 3. The Kier molecular flexibility index (Phi) is 5.23. The number of carbonyl (C=O) groups is 2. The molecule has 2 heterocycles. The topological polar surface area (TPSA) is 69.1 Å². The zero-order valence-electron chi connectivity index (χ0n) is 13.7. The SMILES string of the molecule is C[NH+]1CCN(NC(=O)N[C@H]2CC(=O)N(c3ccc(Cl)cc3)C2)CC1. The van der Waals surface area contributed by atoms with E-state index in [1.165, 1.54) is 4.90 Å². The van der Waals surface area contributed by atoms with Crippen molar-refractivity contribution in [3.8, 4) is 0 Å². The first kappa shape index (κ1) is 17.0. The van der Waals surface area contributed by atoms with Crippen LogP contribution in [0.1, 0.15) is 6.42 Å². The number of hydrogen-bond donors (Lipinski definition) is 3. The molecule has 130 valence electrons. The molecule has 2 aliphatic rings. The lowest BCUT2D eigenvalue weighted by molar-refractivity contribution is -0.884. The molecule has 0 aromatic heterocycles. The lowest BCUT2D eigenvalue weighted by Gasteiger charge is -2.30. The van der Waals surface area contributed by atoms with Gasteiger partial charge in [-0.05, 0) is 24.3 Å². The molecule has 0 unspecified atom stereocenters. The minimum Gasteiger partial charge on any atom is -0.335 e. The Labute approximate surface area is 146 Å². The lowest BCUT2D eigenvalue weighted by Crippen LogP contribution is -3.12.